The maximum absolute atomic E-state index is 12.7. The first kappa shape index (κ1) is 15.3. The first-order valence-corrected chi connectivity index (χ1v) is 7.51. The minimum atomic E-state index is -0.461. The highest BCUT2D eigenvalue weighted by molar-refractivity contribution is 5.97. The lowest BCUT2D eigenvalue weighted by atomic mass is 10.2. The molecule has 0 N–H and O–H groups in total. The smallest absolute Gasteiger partial charge is 0.326 e. The molecule has 0 atom stereocenters. The molecule has 0 fully saturated rings. The number of fused-ring (bicyclic) bond motifs is 2. The van der Waals surface area contributed by atoms with Crippen LogP contribution in [0.5, 0.6) is 0 Å². The number of nitrogens with zero attached hydrogens (tertiary/aromatic N) is 4. The lowest BCUT2D eigenvalue weighted by molar-refractivity contribution is -0.143. The van der Waals surface area contributed by atoms with Crippen molar-refractivity contribution in [2.75, 3.05) is 6.61 Å². The second kappa shape index (κ2) is 5.53. The predicted octanol–water partition coefficient (Wildman–Crippen LogP) is 0.423. The Hall–Kier alpha value is -2.64. The second-order valence-corrected chi connectivity index (χ2v) is 5.65. The van der Waals surface area contributed by atoms with E-state index in [-0.39, 0.29) is 42.9 Å². The van der Waals surface area contributed by atoms with Gasteiger partial charge in [-0.1, -0.05) is 0 Å². The Bertz CT molecular complexity index is 849. The van der Waals surface area contributed by atoms with Crippen molar-refractivity contribution in [3.8, 4) is 0 Å². The summed E-state index contributed by atoms with van der Waals surface area (Å²) in [6, 6.07) is 1.56. The van der Waals surface area contributed by atoms with Crippen molar-refractivity contribution in [1.82, 2.24) is 19.1 Å². The fourth-order valence-electron chi connectivity index (χ4n) is 2.84. The van der Waals surface area contributed by atoms with Crippen LogP contribution in [0.25, 0.3) is 5.65 Å². The zero-order valence-electron chi connectivity index (χ0n) is 13.3. The third kappa shape index (κ3) is 2.30. The SMILES string of the molecule is CCOC(=O)Cn1c2c(c(=O)n3nccc13)CN(C(C)C)C2=O. The molecule has 1 amide bonds. The topological polar surface area (TPSA) is 85.9 Å². The van der Waals surface area contributed by atoms with E-state index in [4.69, 9.17) is 4.74 Å². The molecule has 0 radical (unpaired) electrons. The van der Waals surface area contributed by atoms with Crippen molar-refractivity contribution < 1.29 is 14.3 Å². The summed E-state index contributed by atoms with van der Waals surface area (Å²) in [5.74, 6) is -0.711. The van der Waals surface area contributed by atoms with Gasteiger partial charge < -0.3 is 14.2 Å². The number of aromatic nitrogens is 3. The molecule has 0 saturated heterocycles. The summed E-state index contributed by atoms with van der Waals surface area (Å²) < 4.78 is 7.72. The van der Waals surface area contributed by atoms with Crippen LogP contribution in [0, 0.1) is 0 Å². The van der Waals surface area contributed by atoms with Crippen molar-refractivity contribution in [3.05, 3.63) is 33.9 Å². The van der Waals surface area contributed by atoms with Gasteiger partial charge in [-0.05, 0) is 20.8 Å². The van der Waals surface area contributed by atoms with E-state index in [2.05, 4.69) is 5.10 Å². The summed E-state index contributed by atoms with van der Waals surface area (Å²) >= 11 is 0. The molecule has 3 heterocycles. The molecular weight excluding hydrogens is 300 g/mol. The van der Waals surface area contributed by atoms with E-state index in [1.807, 2.05) is 13.8 Å². The molecule has 3 rings (SSSR count). The number of rotatable bonds is 4. The van der Waals surface area contributed by atoms with Crippen LogP contribution >= 0.6 is 0 Å². The van der Waals surface area contributed by atoms with Crippen LogP contribution in [0.1, 0.15) is 36.8 Å². The minimum absolute atomic E-state index is 0.0438. The van der Waals surface area contributed by atoms with Crippen LogP contribution < -0.4 is 5.56 Å². The van der Waals surface area contributed by atoms with Gasteiger partial charge in [0.1, 0.15) is 17.9 Å². The number of hydrogen-bond donors (Lipinski definition) is 0. The van der Waals surface area contributed by atoms with Gasteiger partial charge in [0.05, 0.1) is 24.9 Å². The summed E-state index contributed by atoms with van der Waals surface area (Å²) in [6.07, 6.45) is 1.47. The van der Waals surface area contributed by atoms with Crippen LogP contribution in [0.4, 0.5) is 0 Å². The summed E-state index contributed by atoms with van der Waals surface area (Å²) in [5, 5.41) is 4.01. The maximum Gasteiger partial charge on any atom is 0.326 e. The summed E-state index contributed by atoms with van der Waals surface area (Å²) in [4.78, 5) is 38.8. The molecule has 8 nitrogen and oxygen atoms in total. The Balaban J connectivity index is 2.21. The zero-order chi connectivity index (χ0) is 16.7. The molecule has 1 aliphatic heterocycles. The monoisotopic (exact) mass is 318 g/mol. The molecule has 1 aliphatic rings. The number of esters is 1. The fraction of sp³-hybridized carbons (Fsp3) is 0.467. The van der Waals surface area contributed by atoms with Gasteiger partial charge in [0.15, 0.2) is 0 Å². The molecule has 2 aromatic heterocycles. The lowest BCUT2D eigenvalue weighted by Crippen LogP contribution is -2.32. The van der Waals surface area contributed by atoms with Crippen LogP contribution in [-0.2, 0) is 22.6 Å². The number of amides is 1. The van der Waals surface area contributed by atoms with E-state index in [9.17, 15) is 14.4 Å². The number of carbonyl (C=O) groups excluding carboxylic acids is 2. The van der Waals surface area contributed by atoms with Gasteiger partial charge >= 0.3 is 5.97 Å². The van der Waals surface area contributed by atoms with Crippen LogP contribution in [0.15, 0.2) is 17.1 Å². The third-order valence-electron chi connectivity index (χ3n) is 3.91. The van der Waals surface area contributed by atoms with Crippen LogP contribution in [0.2, 0.25) is 0 Å². The van der Waals surface area contributed by atoms with Crippen molar-refractivity contribution in [3.63, 3.8) is 0 Å². The van der Waals surface area contributed by atoms with Gasteiger partial charge in [-0.15, -0.1) is 0 Å². The second-order valence-electron chi connectivity index (χ2n) is 5.65. The third-order valence-corrected chi connectivity index (χ3v) is 3.91. The molecule has 0 saturated carbocycles. The average molecular weight is 318 g/mol. The van der Waals surface area contributed by atoms with E-state index in [0.29, 0.717) is 11.2 Å². The molecular formula is C15H18N4O4. The molecule has 0 spiro atoms. The summed E-state index contributed by atoms with van der Waals surface area (Å²) in [7, 11) is 0. The summed E-state index contributed by atoms with van der Waals surface area (Å²) in [6.45, 7) is 5.83. The first-order chi connectivity index (χ1) is 11.0. The maximum atomic E-state index is 12.7. The highest BCUT2D eigenvalue weighted by Crippen LogP contribution is 2.23. The van der Waals surface area contributed by atoms with Gasteiger partial charge in [0, 0.05) is 12.1 Å². The van der Waals surface area contributed by atoms with E-state index >= 15 is 0 Å². The van der Waals surface area contributed by atoms with E-state index in [1.54, 1.807) is 17.9 Å². The number of carbonyl (C=O) groups is 2. The van der Waals surface area contributed by atoms with Crippen molar-refractivity contribution >= 4 is 17.5 Å². The molecule has 0 aromatic carbocycles. The van der Waals surface area contributed by atoms with Crippen molar-refractivity contribution in [2.45, 2.75) is 39.9 Å². The highest BCUT2D eigenvalue weighted by atomic mass is 16.5. The molecule has 122 valence electrons. The Kier molecular flexibility index (Phi) is 3.67. The first-order valence-electron chi connectivity index (χ1n) is 7.51. The van der Waals surface area contributed by atoms with Gasteiger partial charge in [0.25, 0.3) is 11.5 Å². The van der Waals surface area contributed by atoms with E-state index in [0.717, 1.165) is 0 Å². The van der Waals surface area contributed by atoms with Crippen LogP contribution in [-0.4, -0.2) is 43.6 Å². The number of hydrogen-bond acceptors (Lipinski definition) is 5. The van der Waals surface area contributed by atoms with Gasteiger partial charge in [-0.2, -0.15) is 9.61 Å². The normalized spacial score (nSPS) is 13.9. The largest absolute Gasteiger partial charge is 0.465 e. The fourth-order valence-corrected chi connectivity index (χ4v) is 2.84. The number of ether oxygens (including phenoxy) is 1. The zero-order valence-corrected chi connectivity index (χ0v) is 13.3. The van der Waals surface area contributed by atoms with E-state index in [1.165, 1.54) is 15.3 Å². The van der Waals surface area contributed by atoms with E-state index < -0.39 is 5.97 Å². The van der Waals surface area contributed by atoms with Crippen LogP contribution in [0.3, 0.4) is 0 Å². The Morgan fingerprint density at radius 2 is 2.13 bits per heavy atom. The molecule has 23 heavy (non-hydrogen) atoms. The molecule has 0 bridgehead atoms. The standard InChI is InChI=1S/C15H18N4O4/c1-4-23-12(20)8-18-11-5-6-16-19(11)14(21)10-7-17(9(2)3)15(22)13(10)18/h5-6,9H,4,7-8H2,1-3H3. The van der Waals surface area contributed by atoms with Crippen molar-refractivity contribution in [2.24, 2.45) is 0 Å². The molecule has 8 heteroatoms. The molecule has 2 aromatic rings. The average Bonchev–Trinajstić information content (AvgIpc) is 3.09. The lowest BCUT2D eigenvalue weighted by Gasteiger charge is -2.20. The quantitative estimate of drug-likeness (QED) is 0.763. The summed E-state index contributed by atoms with van der Waals surface area (Å²) in [5.41, 5.74) is 0.700. The Labute approximate surface area is 132 Å². The highest BCUT2D eigenvalue weighted by Gasteiger charge is 2.36. The van der Waals surface area contributed by atoms with Gasteiger partial charge in [0.2, 0.25) is 0 Å². The van der Waals surface area contributed by atoms with Crippen molar-refractivity contribution in [1.29, 1.82) is 0 Å². The molecule has 0 aliphatic carbocycles. The minimum Gasteiger partial charge on any atom is -0.465 e. The van der Waals surface area contributed by atoms with Gasteiger partial charge in [-0.25, -0.2) is 0 Å². The predicted molar refractivity (Wildman–Crippen MR) is 81.1 cm³/mol. The molecule has 0 unspecified atom stereocenters. The van der Waals surface area contributed by atoms with Gasteiger partial charge in [-0.3, -0.25) is 14.4 Å². The Morgan fingerprint density at radius 3 is 2.78 bits per heavy atom. The Morgan fingerprint density at radius 1 is 1.39 bits per heavy atom.